The molecule has 0 radical (unpaired) electrons. The van der Waals surface area contributed by atoms with Crippen LogP contribution in [0.25, 0.3) is 0 Å². The third-order valence-corrected chi connectivity index (χ3v) is 5.93. The van der Waals surface area contributed by atoms with Gasteiger partial charge in [-0.1, -0.05) is 30.9 Å². The number of hydrogen-bond acceptors (Lipinski definition) is 6. The second kappa shape index (κ2) is 8.51. The molecule has 1 saturated carbocycles. The average molecular weight is 435 g/mol. The van der Waals surface area contributed by atoms with Gasteiger partial charge in [-0.15, -0.1) is 0 Å². The third-order valence-electron chi connectivity index (χ3n) is 5.63. The molecule has 2 aliphatic heterocycles. The number of carboxylic acid groups (broad SMARTS) is 1. The minimum Gasteiger partial charge on any atom is -0.482 e. The highest BCUT2D eigenvalue weighted by Crippen LogP contribution is 2.39. The van der Waals surface area contributed by atoms with E-state index in [1.807, 2.05) is 0 Å². The topological polar surface area (TPSA) is 112 Å². The predicted molar refractivity (Wildman–Crippen MR) is 109 cm³/mol. The summed E-state index contributed by atoms with van der Waals surface area (Å²) in [6.45, 7) is -0.0912. The highest BCUT2D eigenvalue weighted by Gasteiger charge is 2.32. The fourth-order valence-electron chi connectivity index (χ4n) is 4.20. The fourth-order valence-corrected chi connectivity index (χ4v) is 4.44. The van der Waals surface area contributed by atoms with E-state index in [4.69, 9.17) is 16.3 Å². The van der Waals surface area contributed by atoms with Crippen molar-refractivity contribution in [3.05, 3.63) is 22.7 Å². The predicted octanol–water partition coefficient (Wildman–Crippen LogP) is 1.90. The maximum atomic E-state index is 12.9. The van der Waals surface area contributed by atoms with Crippen LogP contribution in [0, 0.1) is 0 Å². The van der Waals surface area contributed by atoms with Gasteiger partial charge in [-0.05, 0) is 25.0 Å². The molecule has 0 bridgehead atoms. The number of benzene rings is 1. The molecule has 30 heavy (non-hydrogen) atoms. The molecule has 4 rings (SSSR count). The molecule has 0 aromatic heterocycles. The van der Waals surface area contributed by atoms with E-state index in [1.54, 1.807) is 17.0 Å². The molecular formula is C20H23ClN4O5. The zero-order valence-corrected chi connectivity index (χ0v) is 17.2. The first-order chi connectivity index (χ1) is 14.4. The van der Waals surface area contributed by atoms with E-state index < -0.39 is 5.97 Å². The van der Waals surface area contributed by atoms with Crippen molar-refractivity contribution in [1.82, 2.24) is 15.1 Å². The lowest BCUT2D eigenvalue weighted by molar-refractivity contribution is -0.147. The molecule has 10 heteroatoms. The molecule has 1 saturated heterocycles. The Morgan fingerprint density at radius 1 is 1.27 bits per heavy atom. The Balaban J connectivity index is 1.51. The Bertz CT molecular complexity index is 913. The first kappa shape index (κ1) is 20.5. The molecule has 0 spiro atoms. The van der Waals surface area contributed by atoms with Gasteiger partial charge in [-0.25, -0.2) is 4.99 Å². The molecule has 1 aromatic rings. The summed E-state index contributed by atoms with van der Waals surface area (Å²) in [6.07, 6.45) is 4.66. The van der Waals surface area contributed by atoms with Gasteiger partial charge in [0.25, 0.3) is 5.91 Å². The minimum atomic E-state index is -1.04. The number of hydrogen-bond donors (Lipinski definition) is 2. The summed E-state index contributed by atoms with van der Waals surface area (Å²) in [6, 6.07) is 3.28. The molecule has 2 N–H and O–H groups in total. The van der Waals surface area contributed by atoms with Crippen LogP contribution in [0.4, 0.5) is 5.69 Å². The Labute approximate surface area is 178 Å². The highest BCUT2D eigenvalue weighted by molar-refractivity contribution is 6.32. The van der Waals surface area contributed by atoms with E-state index in [9.17, 15) is 19.5 Å². The normalized spacial score (nSPS) is 18.2. The number of halogens is 1. The zero-order valence-electron chi connectivity index (χ0n) is 16.4. The van der Waals surface area contributed by atoms with Crippen molar-refractivity contribution in [2.45, 2.75) is 44.7 Å². The van der Waals surface area contributed by atoms with Crippen LogP contribution < -0.4 is 10.1 Å². The number of ether oxygens (including phenoxy) is 1. The summed E-state index contributed by atoms with van der Waals surface area (Å²) in [7, 11) is 0. The van der Waals surface area contributed by atoms with Crippen molar-refractivity contribution >= 4 is 41.0 Å². The van der Waals surface area contributed by atoms with Crippen molar-refractivity contribution in [2.24, 2.45) is 4.99 Å². The number of fused-ring (bicyclic) bond motifs is 2. The Morgan fingerprint density at radius 2 is 2.03 bits per heavy atom. The Kier molecular flexibility index (Phi) is 5.80. The van der Waals surface area contributed by atoms with Gasteiger partial charge >= 0.3 is 5.97 Å². The lowest BCUT2D eigenvalue weighted by Gasteiger charge is -2.33. The van der Waals surface area contributed by atoms with E-state index in [0.29, 0.717) is 34.5 Å². The summed E-state index contributed by atoms with van der Waals surface area (Å²) in [5.74, 6) is -0.736. The molecule has 1 aliphatic carbocycles. The summed E-state index contributed by atoms with van der Waals surface area (Å²) in [4.78, 5) is 43.4. The first-order valence-corrected chi connectivity index (χ1v) is 10.4. The Morgan fingerprint density at radius 3 is 2.77 bits per heavy atom. The molecular weight excluding hydrogens is 412 g/mol. The maximum absolute atomic E-state index is 12.9. The lowest BCUT2D eigenvalue weighted by Crippen LogP contribution is -2.46. The molecule has 9 nitrogen and oxygen atoms in total. The van der Waals surface area contributed by atoms with Crippen LogP contribution in [0.5, 0.6) is 5.75 Å². The van der Waals surface area contributed by atoms with E-state index >= 15 is 0 Å². The summed E-state index contributed by atoms with van der Waals surface area (Å²) < 4.78 is 5.81. The number of carboxylic acids is 1. The summed E-state index contributed by atoms with van der Waals surface area (Å²) >= 11 is 6.34. The molecule has 0 unspecified atom stereocenters. The van der Waals surface area contributed by atoms with Crippen LogP contribution in [0.2, 0.25) is 5.02 Å². The average Bonchev–Trinajstić information content (AvgIpc) is 3.09. The molecule has 2 fully saturated rings. The van der Waals surface area contributed by atoms with Crippen LogP contribution in [-0.2, 0) is 20.9 Å². The van der Waals surface area contributed by atoms with Crippen molar-refractivity contribution in [1.29, 1.82) is 0 Å². The number of guanidine groups is 1. The van der Waals surface area contributed by atoms with Gasteiger partial charge in [0.15, 0.2) is 6.61 Å². The van der Waals surface area contributed by atoms with Gasteiger partial charge in [0, 0.05) is 11.6 Å². The smallest absolute Gasteiger partial charge is 0.323 e. The fraction of sp³-hybridized carbons (Fsp3) is 0.500. The number of nitrogens with zero attached hydrogens (tertiary/aromatic N) is 3. The summed E-state index contributed by atoms with van der Waals surface area (Å²) in [5.41, 5.74) is 1.31. The van der Waals surface area contributed by atoms with E-state index in [1.165, 1.54) is 4.90 Å². The van der Waals surface area contributed by atoms with Crippen LogP contribution in [0.3, 0.4) is 0 Å². The van der Waals surface area contributed by atoms with Crippen LogP contribution in [0.15, 0.2) is 17.1 Å². The Hall–Kier alpha value is -2.81. The van der Waals surface area contributed by atoms with E-state index in [-0.39, 0.29) is 37.6 Å². The van der Waals surface area contributed by atoms with Gasteiger partial charge in [0.1, 0.15) is 18.8 Å². The first-order valence-electron chi connectivity index (χ1n) is 10.0. The number of aliphatic imine (C=N–C) groups is 1. The number of rotatable bonds is 6. The van der Waals surface area contributed by atoms with Gasteiger partial charge in [0.05, 0.1) is 17.3 Å². The monoisotopic (exact) mass is 434 g/mol. The molecule has 0 atom stereocenters. The molecule has 160 valence electrons. The highest BCUT2D eigenvalue weighted by atomic mass is 35.5. The van der Waals surface area contributed by atoms with Crippen molar-refractivity contribution in [3.8, 4) is 5.75 Å². The number of nitrogens with one attached hydrogen (secondary N) is 1. The van der Waals surface area contributed by atoms with Gasteiger partial charge in [-0.3, -0.25) is 19.7 Å². The van der Waals surface area contributed by atoms with Gasteiger partial charge in [0.2, 0.25) is 11.9 Å². The molecule has 1 aromatic carbocycles. The SMILES string of the molecule is O=C(O)CN(C(=O)COc1c(Cl)ccc2c1CN1CC(=O)NC1=N2)C1CCCCC1. The van der Waals surface area contributed by atoms with E-state index in [2.05, 4.69) is 10.3 Å². The number of aliphatic carboxylic acids is 1. The van der Waals surface area contributed by atoms with Crippen LogP contribution in [0.1, 0.15) is 37.7 Å². The quantitative estimate of drug-likeness (QED) is 0.707. The van der Waals surface area contributed by atoms with Gasteiger partial charge < -0.3 is 19.6 Å². The number of amides is 2. The van der Waals surface area contributed by atoms with Crippen LogP contribution in [-0.4, -0.2) is 64.4 Å². The second-order valence-electron chi connectivity index (χ2n) is 7.71. The van der Waals surface area contributed by atoms with Crippen molar-refractivity contribution < 1.29 is 24.2 Å². The third kappa shape index (κ3) is 4.21. The minimum absolute atomic E-state index is 0.0834. The largest absolute Gasteiger partial charge is 0.482 e. The maximum Gasteiger partial charge on any atom is 0.323 e. The van der Waals surface area contributed by atoms with Crippen LogP contribution >= 0.6 is 11.6 Å². The summed E-state index contributed by atoms with van der Waals surface area (Å²) in [5, 5.41) is 12.3. The molecule has 2 amide bonds. The molecule has 3 aliphatic rings. The zero-order chi connectivity index (χ0) is 21.3. The second-order valence-corrected chi connectivity index (χ2v) is 8.12. The number of carbonyl (C=O) groups excluding carboxylic acids is 2. The van der Waals surface area contributed by atoms with E-state index in [0.717, 1.165) is 32.1 Å². The van der Waals surface area contributed by atoms with Gasteiger partial charge in [-0.2, -0.15) is 0 Å². The standard InChI is InChI=1S/C20H23ClN4O5/c21-14-6-7-15-13(8-24-9-16(26)23-20(24)22-15)19(14)30-11-17(27)25(10-18(28)29)12-4-2-1-3-5-12/h6-7,12H,1-5,8-11H2,(H,28,29)(H,22,23,26). The lowest BCUT2D eigenvalue weighted by atomic mass is 9.94. The van der Waals surface area contributed by atoms with Crippen molar-refractivity contribution in [3.63, 3.8) is 0 Å². The number of carbonyl (C=O) groups is 3. The van der Waals surface area contributed by atoms with Crippen molar-refractivity contribution in [2.75, 3.05) is 19.7 Å². The molecule has 2 heterocycles.